The Hall–Kier alpha value is -0.310. The molecule has 54 valence electrons. The molecular formula is C6H13NOS. The Morgan fingerprint density at radius 3 is 2.11 bits per heavy atom. The van der Waals surface area contributed by atoms with Crippen LogP contribution in [-0.4, -0.2) is 11.8 Å². The fourth-order valence-corrected chi connectivity index (χ4v) is 0.347. The smallest absolute Gasteiger partial charge is 0.253 e. The van der Waals surface area contributed by atoms with Crippen molar-refractivity contribution in [3.8, 4) is 0 Å². The van der Waals surface area contributed by atoms with Gasteiger partial charge in [-0.15, -0.1) is 0 Å². The summed E-state index contributed by atoms with van der Waals surface area (Å²) in [5, 5.41) is 0.130. The Balaban J connectivity index is 3.39. The molecular weight excluding hydrogens is 134 g/mol. The van der Waals surface area contributed by atoms with Crippen LogP contribution in [0.2, 0.25) is 0 Å². The van der Waals surface area contributed by atoms with Crippen molar-refractivity contribution in [1.82, 2.24) is 0 Å². The maximum absolute atomic E-state index is 5.11. The van der Waals surface area contributed by atoms with Crippen molar-refractivity contribution in [2.45, 2.75) is 20.8 Å². The Morgan fingerprint density at radius 2 is 2.00 bits per heavy atom. The van der Waals surface area contributed by atoms with Gasteiger partial charge in [-0.05, 0) is 17.6 Å². The Bertz CT molecular complexity index is 106. The number of thiocarbonyl (C=S) groups is 1. The lowest BCUT2D eigenvalue weighted by Gasteiger charge is -2.17. The van der Waals surface area contributed by atoms with Crippen LogP contribution in [-0.2, 0) is 4.74 Å². The van der Waals surface area contributed by atoms with Gasteiger partial charge in [-0.25, -0.2) is 0 Å². The van der Waals surface area contributed by atoms with Crippen LogP contribution in [0.25, 0.3) is 0 Å². The molecule has 0 saturated heterocycles. The molecule has 0 aromatic rings. The maximum Gasteiger partial charge on any atom is 0.253 e. The van der Waals surface area contributed by atoms with E-state index in [9.17, 15) is 0 Å². The molecule has 0 atom stereocenters. The van der Waals surface area contributed by atoms with Gasteiger partial charge in [0.1, 0.15) is 0 Å². The minimum atomic E-state index is 0.130. The van der Waals surface area contributed by atoms with Gasteiger partial charge in [0.05, 0.1) is 6.61 Å². The van der Waals surface area contributed by atoms with E-state index in [0.717, 1.165) is 0 Å². The number of ether oxygens (including phenoxy) is 1. The predicted molar refractivity (Wildman–Crippen MR) is 42.2 cm³/mol. The summed E-state index contributed by atoms with van der Waals surface area (Å²) in [5.41, 5.74) is 5.25. The summed E-state index contributed by atoms with van der Waals surface area (Å²) in [5.74, 6) is 0. The third-order valence-corrected chi connectivity index (χ3v) is 0.765. The van der Waals surface area contributed by atoms with Crippen LogP contribution in [0.3, 0.4) is 0 Å². The molecule has 0 fully saturated rings. The highest BCUT2D eigenvalue weighted by molar-refractivity contribution is 7.80. The highest BCUT2D eigenvalue weighted by atomic mass is 32.1. The highest BCUT2D eigenvalue weighted by Crippen LogP contribution is 2.12. The molecule has 0 heterocycles. The van der Waals surface area contributed by atoms with Gasteiger partial charge in [-0.3, -0.25) is 0 Å². The molecule has 0 amide bonds. The second kappa shape index (κ2) is 3.01. The van der Waals surface area contributed by atoms with Gasteiger partial charge in [0.2, 0.25) is 0 Å². The van der Waals surface area contributed by atoms with E-state index in [1.54, 1.807) is 0 Å². The summed E-state index contributed by atoms with van der Waals surface area (Å²) in [4.78, 5) is 0. The molecule has 0 unspecified atom stereocenters. The van der Waals surface area contributed by atoms with Crippen LogP contribution < -0.4 is 5.73 Å². The monoisotopic (exact) mass is 147 g/mol. The van der Waals surface area contributed by atoms with E-state index in [2.05, 4.69) is 33.0 Å². The van der Waals surface area contributed by atoms with Gasteiger partial charge in [0.25, 0.3) is 5.17 Å². The molecule has 9 heavy (non-hydrogen) atoms. The van der Waals surface area contributed by atoms with E-state index in [0.29, 0.717) is 6.61 Å². The summed E-state index contributed by atoms with van der Waals surface area (Å²) in [6.45, 7) is 6.77. The molecule has 2 nitrogen and oxygen atoms in total. The number of nitrogens with two attached hydrogens (primary N) is 1. The number of hydrogen-bond acceptors (Lipinski definition) is 2. The average Bonchev–Trinajstić information content (AvgIpc) is 1.59. The first kappa shape index (κ1) is 8.69. The van der Waals surface area contributed by atoms with Crippen LogP contribution in [0.4, 0.5) is 0 Å². The van der Waals surface area contributed by atoms with Gasteiger partial charge in [-0.2, -0.15) is 0 Å². The Labute approximate surface area is 61.4 Å². The molecule has 0 aliphatic carbocycles. The summed E-state index contributed by atoms with van der Waals surface area (Å²) < 4.78 is 4.92. The first-order valence-corrected chi connectivity index (χ1v) is 3.25. The SMILES string of the molecule is CC(C)(C)COC(N)=S. The van der Waals surface area contributed by atoms with Crippen molar-refractivity contribution in [3.05, 3.63) is 0 Å². The minimum absolute atomic E-state index is 0.130. The lowest BCUT2D eigenvalue weighted by atomic mass is 9.99. The van der Waals surface area contributed by atoms with Crippen molar-refractivity contribution in [3.63, 3.8) is 0 Å². The molecule has 0 aromatic heterocycles. The van der Waals surface area contributed by atoms with Crippen molar-refractivity contribution in [2.75, 3.05) is 6.61 Å². The zero-order valence-electron chi connectivity index (χ0n) is 6.10. The maximum atomic E-state index is 5.11. The topological polar surface area (TPSA) is 35.2 Å². The third-order valence-electron chi connectivity index (χ3n) is 0.647. The molecule has 0 aliphatic rings. The molecule has 0 saturated carbocycles. The zero-order valence-corrected chi connectivity index (χ0v) is 6.92. The van der Waals surface area contributed by atoms with E-state index in [4.69, 9.17) is 10.5 Å². The summed E-state index contributed by atoms with van der Waals surface area (Å²) >= 11 is 4.52. The number of hydrogen-bond donors (Lipinski definition) is 1. The van der Waals surface area contributed by atoms with Gasteiger partial charge in [0.15, 0.2) is 0 Å². The Morgan fingerprint density at radius 1 is 1.56 bits per heavy atom. The van der Waals surface area contributed by atoms with Crippen LogP contribution >= 0.6 is 12.2 Å². The van der Waals surface area contributed by atoms with Gasteiger partial charge >= 0.3 is 0 Å². The van der Waals surface area contributed by atoms with E-state index in [1.807, 2.05) is 0 Å². The second-order valence-corrected chi connectivity index (χ2v) is 3.57. The van der Waals surface area contributed by atoms with Crippen LogP contribution in [0.15, 0.2) is 0 Å². The van der Waals surface area contributed by atoms with Gasteiger partial charge < -0.3 is 10.5 Å². The minimum Gasteiger partial charge on any atom is -0.471 e. The first-order chi connectivity index (χ1) is 3.92. The second-order valence-electron chi connectivity index (χ2n) is 3.17. The van der Waals surface area contributed by atoms with E-state index >= 15 is 0 Å². The van der Waals surface area contributed by atoms with E-state index in [-0.39, 0.29) is 10.6 Å². The molecule has 0 radical (unpaired) electrons. The molecule has 0 aliphatic heterocycles. The van der Waals surface area contributed by atoms with Crippen LogP contribution in [0.5, 0.6) is 0 Å². The van der Waals surface area contributed by atoms with E-state index in [1.165, 1.54) is 0 Å². The zero-order chi connectivity index (χ0) is 7.49. The van der Waals surface area contributed by atoms with Crippen molar-refractivity contribution in [1.29, 1.82) is 0 Å². The lowest BCUT2D eigenvalue weighted by Crippen LogP contribution is -2.21. The van der Waals surface area contributed by atoms with E-state index < -0.39 is 0 Å². The summed E-state index contributed by atoms with van der Waals surface area (Å²) in [7, 11) is 0. The standard InChI is InChI=1S/C6H13NOS/c1-6(2,3)4-8-5(7)9/h4H2,1-3H3,(H2,7,9). The highest BCUT2D eigenvalue weighted by Gasteiger charge is 2.10. The largest absolute Gasteiger partial charge is 0.471 e. The number of rotatable bonds is 1. The lowest BCUT2D eigenvalue weighted by molar-refractivity contribution is 0.189. The first-order valence-electron chi connectivity index (χ1n) is 2.84. The molecule has 3 heteroatoms. The summed E-state index contributed by atoms with van der Waals surface area (Å²) in [6, 6.07) is 0. The quantitative estimate of drug-likeness (QED) is 0.568. The molecule has 0 spiro atoms. The summed E-state index contributed by atoms with van der Waals surface area (Å²) in [6.07, 6.45) is 0. The molecule has 0 rings (SSSR count). The fourth-order valence-electron chi connectivity index (χ4n) is 0.288. The molecule has 0 aromatic carbocycles. The van der Waals surface area contributed by atoms with Gasteiger partial charge in [-0.1, -0.05) is 20.8 Å². The fraction of sp³-hybridized carbons (Fsp3) is 0.833. The van der Waals surface area contributed by atoms with Gasteiger partial charge in [0, 0.05) is 0 Å². The van der Waals surface area contributed by atoms with Crippen LogP contribution in [0, 0.1) is 5.41 Å². The molecule has 2 N–H and O–H groups in total. The van der Waals surface area contributed by atoms with Crippen LogP contribution in [0.1, 0.15) is 20.8 Å². The normalized spacial score (nSPS) is 11.0. The Kier molecular flexibility index (Phi) is 2.91. The van der Waals surface area contributed by atoms with Crippen molar-refractivity contribution < 1.29 is 4.74 Å². The van der Waals surface area contributed by atoms with Crippen molar-refractivity contribution >= 4 is 17.4 Å². The molecule has 0 bridgehead atoms. The predicted octanol–water partition coefficient (Wildman–Crippen LogP) is 1.29. The average molecular weight is 147 g/mol. The van der Waals surface area contributed by atoms with Crippen molar-refractivity contribution in [2.24, 2.45) is 11.1 Å². The third kappa shape index (κ3) is 7.69.